The zero-order chi connectivity index (χ0) is 14.2. The van der Waals surface area contributed by atoms with E-state index in [4.69, 9.17) is 39.5 Å². The molecule has 0 amide bonds. The molecule has 0 aliphatic carbocycles. The number of ether oxygens (including phenoxy) is 1. The van der Waals surface area contributed by atoms with Crippen molar-refractivity contribution in [3.8, 4) is 17.2 Å². The smallest absolute Gasteiger partial charge is 0.177 e. The van der Waals surface area contributed by atoms with E-state index in [2.05, 4.69) is 0 Å². The first-order valence-corrected chi connectivity index (χ1v) is 6.64. The summed E-state index contributed by atoms with van der Waals surface area (Å²) in [5, 5.41) is 10.8. The summed E-state index contributed by atoms with van der Waals surface area (Å²) < 4.78 is 5.59. The first kappa shape index (κ1) is 14.3. The molecule has 2 rings (SSSR count). The van der Waals surface area contributed by atoms with Crippen molar-refractivity contribution >= 4 is 34.8 Å². The fraction of sp³-hybridized carbons (Fsp3) is 0.143. The number of hydrogen-bond donors (Lipinski definition) is 1. The van der Waals surface area contributed by atoms with Crippen LogP contribution in [0.3, 0.4) is 0 Å². The lowest BCUT2D eigenvalue weighted by molar-refractivity contribution is 0.411. The van der Waals surface area contributed by atoms with Crippen LogP contribution in [0.5, 0.6) is 17.2 Å². The highest BCUT2D eigenvalue weighted by Crippen LogP contribution is 2.42. The van der Waals surface area contributed by atoms with E-state index in [1.807, 2.05) is 13.8 Å². The van der Waals surface area contributed by atoms with Crippen molar-refractivity contribution in [2.45, 2.75) is 13.8 Å². The molecule has 0 saturated carbocycles. The summed E-state index contributed by atoms with van der Waals surface area (Å²) in [6.07, 6.45) is 0. The molecule has 100 valence electrons. The molecular formula is C14H11Cl3O2. The predicted molar refractivity (Wildman–Crippen MR) is 79.1 cm³/mol. The summed E-state index contributed by atoms with van der Waals surface area (Å²) in [4.78, 5) is 0. The Hall–Kier alpha value is -1.09. The van der Waals surface area contributed by atoms with Crippen LogP contribution in [-0.2, 0) is 0 Å². The van der Waals surface area contributed by atoms with Gasteiger partial charge in [0, 0.05) is 0 Å². The molecule has 0 spiro atoms. The third kappa shape index (κ3) is 3.08. The van der Waals surface area contributed by atoms with E-state index in [1.54, 1.807) is 24.3 Å². The van der Waals surface area contributed by atoms with Crippen LogP contribution in [-0.4, -0.2) is 5.11 Å². The van der Waals surface area contributed by atoms with Crippen LogP contribution in [0.1, 0.15) is 11.1 Å². The lowest BCUT2D eigenvalue weighted by Crippen LogP contribution is -1.90. The van der Waals surface area contributed by atoms with Crippen molar-refractivity contribution in [1.82, 2.24) is 0 Å². The molecule has 2 aromatic carbocycles. The molecule has 0 heterocycles. The normalized spacial score (nSPS) is 10.6. The molecule has 1 N–H and O–H groups in total. The quantitative estimate of drug-likeness (QED) is 0.763. The van der Waals surface area contributed by atoms with Crippen molar-refractivity contribution in [2.75, 3.05) is 0 Å². The van der Waals surface area contributed by atoms with Gasteiger partial charge in [-0.05, 0) is 49.2 Å². The molecule has 2 nitrogen and oxygen atoms in total. The highest BCUT2D eigenvalue weighted by atomic mass is 35.5. The maximum atomic E-state index is 9.88. The van der Waals surface area contributed by atoms with Crippen molar-refractivity contribution in [2.24, 2.45) is 0 Å². The van der Waals surface area contributed by atoms with E-state index >= 15 is 0 Å². The van der Waals surface area contributed by atoms with E-state index in [9.17, 15) is 5.11 Å². The second-order valence-corrected chi connectivity index (χ2v) is 5.47. The maximum Gasteiger partial charge on any atom is 0.177 e. The van der Waals surface area contributed by atoms with Crippen LogP contribution in [0, 0.1) is 13.8 Å². The summed E-state index contributed by atoms with van der Waals surface area (Å²) in [6.45, 7) is 3.72. The zero-order valence-electron chi connectivity index (χ0n) is 10.3. The summed E-state index contributed by atoms with van der Waals surface area (Å²) in [5.41, 5.74) is 1.78. The molecule has 2 aromatic rings. The number of rotatable bonds is 2. The van der Waals surface area contributed by atoms with Gasteiger partial charge in [0.05, 0.1) is 15.1 Å². The Kier molecular flexibility index (Phi) is 4.14. The summed E-state index contributed by atoms with van der Waals surface area (Å²) in [6, 6.07) is 6.77. The molecular weight excluding hydrogens is 307 g/mol. The van der Waals surface area contributed by atoms with Gasteiger partial charge in [0.15, 0.2) is 17.2 Å². The Balaban J connectivity index is 2.48. The minimum atomic E-state index is -0.139. The first-order chi connectivity index (χ1) is 8.88. The molecule has 0 saturated heterocycles. The number of aryl methyl sites for hydroxylation is 2. The van der Waals surface area contributed by atoms with Gasteiger partial charge in [-0.3, -0.25) is 0 Å². The fourth-order valence-corrected chi connectivity index (χ4v) is 2.61. The van der Waals surface area contributed by atoms with Gasteiger partial charge < -0.3 is 9.84 Å². The SMILES string of the molecule is Cc1cc(Cl)c(Oc2cc(C)cc(Cl)c2O)c(Cl)c1. The van der Waals surface area contributed by atoms with E-state index in [0.717, 1.165) is 11.1 Å². The van der Waals surface area contributed by atoms with Crippen molar-refractivity contribution < 1.29 is 9.84 Å². The van der Waals surface area contributed by atoms with Crippen LogP contribution < -0.4 is 4.74 Å². The standard InChI is InChI=1S/C14H11Cl3O2/c1-7-4-10(16)14(11(17)5-7)19-12-6-8(2)3-9(15)13(12)18/h3-6,18H,1-2H3. The second-order valence-electron chi connectivity index (χ2n) is 4.25. The van der Waals surface area contributed by atoms with Crippen LogP contribution in [0.25, 0.3) is 0 Å². The predicted octanol–water partition coefficient (Wildman–Crippen LogP) is 5.76. The lowest BCUT2D eigenvalue weighted by Gasteiger charge is -2.13. The molecule has 0 aliphatic rings. The topological polar surface area (TPSA) is 29.5 Å². The van der Waals surface area contributed by atoms with Gasteiger partial charge >= 0.3 is 0 Å². The van der Waals surface area contributed by atoms with Gasteiger partial charge in [-0.1, -0.05) is 34.8 Å². The number of hydrogen-bond acceptors (Lipinski definition) is 2. The van der Waals surface area contributed by atoms with Gasteiger partial charge in [0.1, 0.15) is 0 Å². The number of benzene rings is 2. The van der Waals surface area contributed by atoms with Crippen LogP contribution in [0.4, 0.5) is 0 Å². The molecule has 0 aliphatic heterocycles. The highest BCUT2D eigenvalue weighted by Gasteiger charge is 2.14. The Morgan fingerprint density at radius 3 is 1.89 bits per heavy atom. The van der Waals surface area contributed by atoms with Crippen LogP contribution >= 0.6 is 34.8 Å². The molecule has 0 aromatic heterocycles. The molecule has 0 atom stereocenters. The van der Waals surface area contributed by atoms with Crippen molar-refractivity contribution in [3.63, 3.8) is 0 Å². The van der Waals surface area contributed by atoms with Gasteiger partial charge in [-0.2, -0.15) is 0 Å². The molecule has 0 fully saturated rings. The molecule has 0 unspecified atom stereocenters. The van der Waals surface area contributed by atoms with Gasteiger partial charge in [-0.15, -0.1) is 0 Å². The average Bonchev–Trinajstić information content (AvgIpc) is 2.29. The minimum Gasteiger partial charge on any atom is -0.503 e. The monoisotopic (exact) mass is 316 g/mol. The Bertz CT molecular complexity index is 616. The molecule has 5 heteroatoms. The maximum absolute atomic E-state index is 9.88. The van der Waals surface area contributed by atoms with Crippen molar-refractivity contribution in [1.29, 1.82) is 0 Å². The lowest BCUT2D eigenvalue weighted by atomic mass is 10.2. The van der Waals surface area contributed by atoms with Crippen molar-refractivity contribution in [3.05, 3.63) is 50.5 Å². The van der Waals surface area contributed by atoms with Gasteiger partial charge in [-0.25, -0.2) is 0 Å². The van der Waals surface area contributed by atoms with Gasteiger partial charge in [0.25, 0.3) is 0 Å². The van der Waals surface area contributed by atoms with Crippen LogP contribution in [0.15, 0.2) is 24.3 Å². The third-order valence-electron chi connectivity index (χ3n) is 2.53. The Morgan fingerprint density at radius 1 is 0.842 bits per heavy atom. The Morgan fingerprint density at radius 2 is 1.32 bits per heavy atom. The van der Waals surface area contributed by atoms with Gasteiger partial charge in [0.2, 0.25) is 0 Å². The highest BCUT2D eigenvalue weighted by molar-refractivity contribution is 6.37. The fourth-order valence-electron chi connectivity index (χ4n) is 1.67. The largest absolute Gasteiger partial charge is 0.503 e. The van der Waals surface area contributed by atoms with E-state index in [1.165, 1.54) is 0 Å². The number of phenolic OH excluding ortho intramolecular Hbond substituents is 1. The summed E-state index contributed by atoms with van der Waals surface area (Å²) in [5.74, 6) is 0.378. The summed E-state index contributed by atoms with van der Waals surface area (Å²) >= 11 is 18.1. The minimum absolute atomic E-state index is 0.139. The number of phenols is 1. The average molecular weight is 318 g/mol. The summed E-state index contributed by atoms with van der Waals surface area (Å²) in [7, 11) is 0. The molecule has 19 heavy (non-hydrogen) atoms. The van der Waals surface area contributed by atoms with E-state index in [0.29, 0.717) is 15.8 Å². The Labute approximate surface area is 126 Å². The van der Waals surface area contributed by atoms with E-state index < -0.39 is 0 Å². The zero-order valence-corrected chi connectivity index (χ0v) is 12.6. The third-order valence-corrected chi connectivity index (χ3v) is 3.38. The van der Waals surface area contributed by atoms with Crippen LogP contribution in [0.2, 0.25) is 15.1 Å². The second kappa shape index (κ2) is 5.49. The first-order valence-electron chi connectivity index (χ1n) is 5.51. The number of aromatic hydroxyl groups is 1. The van der Waals surface area contributed by atoms with E-state index in [-0.39, 0.29) is 16.5 Å². The number of halogens is 3. The molecule has 0 bridgehead atoms. The molecule has 0 radical (unpaired) electrons.